The minimum Gasteiger partial charge on any atom is -0.293 e. The first kappa shape index (κ1) is 13.4. The van der Waals surface area contributed by atoms with Crippen molar-refractivity contribution < 1.29 is 0 Å². The van der Waals surface area contributed by atoms with Gasteiger partial charge in [-0.1, -0.05) is 54.6 Å². The van der Waals surface area contributed by atoms with E-state index < -0.39 is 0 Å². The average molecular weight is 265 g/mol. The normalized spacial score (nSPS) is 21.0. The summed E-state index contributed by atoms with van der Waals surface area (Å²) in [6.45, 7) is 5.84. The second kappa shape index (κ2) is 5.80. The van der Waals surface area contributed by atoms with E-state index in [1.165, 1.54) is 16.7 Å². The van der Waals surface area contributed by atoms with Crippen LogP contribution in [-0.4, -0.2) is 17.5 Å². The van der Waals surface area contributed by atoms with Crippen LogP contribution >= 0.6 is 0 Å². The zero-order valence-electron chi connectivity index (χ0n) is 12.4. The summed E-state index contributed by atoms with van der Waals surface area (Å²) in [6.07, 6.45) is 2.32. The lowest BCUT2D eigenvalue weighted by Crippen LogP contribution is -2.36. The first-order valence-corrected chi connectivity index (χ1v) is 7.63. The Balaban J connectivity index is 1.82. The summed E-state index contributed by atoms with van der Waals surface area (Å²) < 4.78 is 0. The minimum absolute atomic E-state index is 0.487. The molecule has 0 unspecified atom stereocenters. The fourth-order valence-corrected chi connectivity index (χ4v) is 3.40. The van der Waals surface area contributed by atoms with Crippen molar-refractivity contribution in [1.29, 1.82) is 0 Å². The Morgan fingerprint density at radius 2 is 1.60 bits per heavy atom. The molecule has 0 saturated carbocycles. The van der Waals surface area contributed by atoms with Crippen LogP contribution in [0.2, 0.25) is 0 Å². The Kier molecular flexibility index (Phi) is 3.88. The van der Waals surface area contributed by atoms with Crippen molar-refractivity contribution in [3.63, 3.8) is 0 Å². The molecular weight excluding hydrogens is 242 g/mol. The number of fused-ring (bicyclic) bond motifs is 1. The first-order valence-electron chi connectivity index (χ1n) is 7.63. The predicted octanol–water partition coefficient (Wildman–Crippen LogP) is 4.24. The SMILES string of the molecule is C[C@@H]1Cc2ccccc2CCN1[C@@H](C)c1ccccc1. The quantitative estimate of drug-likeness (QED) is 0.785. The maximum absolute atomic E-state index is 2.65. The van der Waals surface area contributed by atoms with Gasteiger partial charge in [0.2, 0.25) is 0 Å². The van der Waals surface area contributed by atoms with Crippen LogP contribution in [0.1, 0.15) is 36.6 Å². The fraction of sp³-hybridized carbons (Fsp3) is 0.368. The van der Waals surface area contributed by atoms with Crippen LogP contribution in [-0.2, 0) is 12.8 Å². The number of nitrogens with zero attached hydrogens (tertiary/aromatic N) is 1. The molecule has 2 atom stereocenters. The molecule has 1 heteroatoms. The molecule has 1 heterocycles. The molecule has 20 heavy (non-hydrogen) atoms. The zero-order chi connectivity index (χ0) is 13.9. The molecule has 0 radical (unpaired) electrons. The molecule has 2 aromatic carbocycles. The monoisotopic (exact) mass is 265 g/mol. The molecular formula is C19H23N. The van der Waals surface area contributed by atoms with Gasteiger partial charge in [0, 0.05) is 18.6 Å². The maximum atomic E-state index is 2.65. The highest BCUT2D eigenvalue weighted by Gasteiger charge is 2.24. The Labute approximate surface area is 122 Å². The highest BCUT2D eigenvalue weighted by Crippen LogP contribution is 2.27. The van der Waals surface area contributed by atoms with Crippen LogP contribution in [0.3, 0.4) is 0 Å². The highest BCUT2D eigenvalue weighted by molar-refractivity contribution is 5.30. The topological polar surface area (TPSA) is 3.24 Å². The molecule has 1 aliphatic rings. The van der Waals surface area contributed by atoms with E-state index in [2.05, 4.69) is 73.3 Å². The number of rotatable bonds is 2. The lowest BCUT2D eigenvalue weighted by molar-refractivity contribution is 0.160. The van der Waals surface area contributed by atoms with Gasteiger partial charge in [0.25, 0.3) is 0 Å². The Hall–Kier alpha value is -1.60. The molecule has 0 aliphatic carbocycles. The standard InChI is InChI=1S/C19H23N/c1-15-14-19-11-7-6-10-18(19)12-13-20(15)16(2)17-8-4-3-5-9-17/h3-11,15-16H,12-14H2,1-2H3/t15-,16+/m1/s1. The Morgan fingerprint density at radius 1 is 0.950 bits per heavy atom. The van der Waals surface area contributed by atoms with Gasteiger partial charge in [0.15, 0.2) is 0 Å². The van der Waals surface area contributed by atoms with Crippen LogP contribution in [0.15, 0.2) is 54.6 Å². The van der Waals surface area contributed by atoms with Crippen molar-refractivity contribution in [1.82, 2.24) is 4.90 Å². The molecule has 1 aliphatic heterocycles. The summed E-state index contributed by atoms with van der Waals surface area (Å²) in [5, 5.41) is 0. The van der Waals surface area contributed by atoms with Crippen molar-refractivity contribution in [2.24, 2.45) is 0 Å². The lowest BCUT2D eigenvalue weighted by Gasteiger charge is -2.33. The van der Waals surface area contributed by atoms with E-state index in [1.54, 1.807) is 0 Å². The first-order chi connectivity index (χ1) is 9.75. The van der Waals surface area contributed by atoms with Crippen molar-refractivity contribution in [2.45, 2.75) is 38.8 Å². The predicted molar refractivity (Wildman–Crippen MR) is 84.9 cm³/mol. The highest BCUT2D eigenvalue weighted by atomic mass is 15.2. The molecule has 104 valence electrons. The molecule has 0 fully saturated rings. The van der Waals surface area contributed by atoms with Crippen LogP contribution in [0.25, 0.3) is 0 Å². The maximum Gasteiger partial charge on any atom is 0.0322 e. The van der Waals surface area contributed by atoms with Gasteiger partial charge in [0.05, 0.1) is 0 Å². The molecule has 0 saturated heterocycles. The number of benzene rings is 2. The average Bonchev–Trinajstić information content (AvgIpc) is 2.66. The van der Waals surface area contributed by atoms with Crippen molar-refractivity contribution in [3.05, 3.63) is 71.3 Å². The van der Waals surface area contributed by atoms with Gasteiger partial charge in [-0.05, 0) is 43.4 Å². The van der Waals surface area contributed by atoms with Gasteiger partial charge in [-0.2, -0.15) is 0 Å². The van der Waals surface area contributed by atoms with Gasteiger partial charge < -0.3 is 0 Å². The minimum atomic E-state index is 0.487. The van der Waals surface area contributed by atoms with Gasteiger partial charge >= 0.3 is 0 Å². The van der Waals surface area contributed by atoms with E-state index in [-0.39, 0.29) is 0 Å². The van der Waals surface area contributed by atoms with Gasteiger partial charge in [0.1, 0.15) is 0 Å². The number of hydrogen-bond donors (Lipinski definition) is 0. The van der Waals surface area contributed by atoms with Crippen LogP contribution < -0.4 is 0 Å². The molecule has 0 amide bonds. The molecule has 0 N–H and O–H groups in total. The van der Waals surface area contributed by atoms with E-state index in [1.807, 2.05) is 0 Å². The summed E-state index contributed by atoms with van der Waals surface area (Å²) in [4.78, 5) is 2.65. The van der Waals surface area contributed by atoms with E-state index >= 15 is 0 Å². The van der Waals surface area contributed by atoms with Crippen LogP contribution in [0.5, 0.6) is 0 Å². The summed E-state index contributed by atoms with van der Waals surface area (Å²) in [7, 11) is 0. The summed E-state index contributed by atoms with van der Waals surface area (Å²) in [6, 6.07) is 20.9. The summed E-state index contributed by atoms with van der Waals surface area (Å²) in [5.41, 5.74) is 4.48. The Bertz CT molecular complexity index is 561. The van der Waals surface area contributed by atoms with Crippen LogP contribution in [0.4, 0.5) is 0 Å². The summed E-state index contributed by atoms with van der Waals surface area (Å²) >= 11 is 0. The van der Waals surface area contributed by atoms with E-state index in [0.29, 0.717) is 12.1 Å². The van der Waals surface area contributed by atoms with Crippen molar-refractivity contribution >= 4 is 0 Å². The number of hydrogen-bond acceptors (Lipinski definition) is 1. The largest absolute Gasteiger partial charge is 0.293 e. The van der Waals surface area contributed by atoms with E-state index in [4.69, 9.17) is 0 Å². The molecule has 0 spiro atoms. The second-order valence-electron chi connectivity index (χ2n) is 5.90. The van der Waals surface area contributed by atoms with E-state index in [9.17, 15) is 0 Å². The zero-order valence-corrected chi connectivity index (χ0v) is 12.4. The van der Waals surface area contributed by atoms with Crippen molar-refractivity contribution in [3.8, 4) is 0 Å². The molecule has 1 nitrogen and oxygen atoms in total. The molecule has 0 aromatic heterocycles. The lowest BCUT2D eigenvalue weighted by atomic mass is 10.0. The molecule has 3 rings (SSSR count). The summed E-state index contributed by atoms with van der Waals surface area (Å²) in [5.74, 6) is 0. The van der Waals surface area contributed by atoms with E-state index in [0.717, 1.165) is 19.4 Å². The van der Waals surface area contributed by atoms with Crippen molar-refractivity contribution in [2.75, 3.05) is 6.54 Å². The smallest absolute Gasteiger partial charge is 0.0322 e. The fourth-order valence-electron chi connectivity index (χ4n) is 3.40. The van der Waals surface area contributed by atoms with Gasteiger partial charge in [-0.15, -0.1) is 0 Å². The third-order valence-electron chi connectivity index (χ3n) is 4.62. The van der Waals surface area contributed by atoms with Crippen LogP contribution in [0, 0.1) is 0 Å². The Morgan fingerprint density at radius 3 is 2.35 bits per heavy atom. The molecule has 0 bridgehead atoms. The second-order valence-corrected chi connectivity index (χ2v) is 5.90. The third-order valence-corrected chi connectivity index (χ3v) is 4.62. The van der Waals surface area contributed by atoms with Gasteiger partial charge in [-0.3, -0.25) is 4.90 Å². The molecule has 2 aromatic rings. The van der Waals surface area contributed by atoms with Gasteiger partial charge in [-0.25, -0.2) is 0 Å². The third kappa shape index (κ3) is 2.64.